The van der Waals surface area contributed by atoms with Crippen LogP contribution in [0.5, 0.6) is 0 Å². The summed E-state index contributed by atoms with van der Waals surface area (Å²) in [5.41, 5.74) is 1.32. The van der Waals surface area contributed by atoms with E-state index in [0.29, 0.717) is 6.54 Å². The fourth-order valence-corrected chi connectivity index (χ4v) is 3.64. The van der Waals surface area contributed by atoms with Gasteiger partial charge in [0.1, 0.15) is 5.54 Å². The minimum Gasteiger partial charge on any atom is -0.345 e. The summed E-state index contributed by atoms with van der Waals surface area (Å²) in [5.74, 6) is 0.0249. The maximum absolute atomic E-state index is 12.4. The zero-order valence-electron chi connectivity index (χ0n) is 12.7. The highest BCUT2D eigenvalue weighted by Gasteiger charge is 2.50. The lowest BCUT2D eigenvalue weighted by molar-refractivity contribution is -0.154. The van der Waals surface area contributed by atoms with Crippen LogP contribution in [0.25, 0.3) is 0 Å². The zero-order valence-corrected chi connectivity index (χ0v) is 12.7. The van der Waals surface area contributed by atoms with Gasteiger partial charge < -0.3 is 10.2 Å². The molecule has 2 fully saturated rings. The van der Waals surface area contributed by atoms with E-state index in [2.05, 4.69) is 10.4 Å². The highest BCUT2D eigenvalue weighted by molar-refractivity contribution is 5.98. The molecule has 1 saturated heterocycles. The maximum Gasteiger partial charge on any atom is 0.246 e. The topological polar surface area (TPSA) is 67.2 Å². The molecule has 3 rings (SSSR count). The van der Waals surface area contributed by atoms with Gasteiger partial charge in [0.05, 0.1) is 24.5 Å². The Labute approximate surface area is 124 Å². The van der Waals surface area contributed by atoms with Crippen molar-refractivity contribution in [2.45, 2.75) is 58.2 Å². The van der Waals surface area contributed by atoms with Crippen LogP contribution in [0.15, 0.2) is 6.07 Å². The standard InChI is InChI=1S/C15H22N4O2/c1-3-19-12(8-11(2)17-19)10-18-13(20)9-16-14(21)15(18)6-4-5-7-15/h8H,3-7,9-10H2,1-2H3,(H,16,21). The Hall–Kier alpha value is -1.85. The van der Waals surface area contributed by atoms with E-state index in [1.807, 2.05) is 24.6 Å². The summed E-state index contributed by atoms with van der Waals surface area (Å²) in [6.07, 6.45) is 3.54. The largest absolute Gasteiger partial charge is 0.345 e. The van der Waals surface area contributed by atoms with Crippen molar-refractivity contribution < 1.29 is 9.59 Å². The van der Waals surface area contributed by atoms with E-state index in [4.69, 9.17) is 0 Å². The number of nitrogens with one attached hydrogen (secondary N) is 1. The van der Waals surface area contributed by atoms with Gasteiger partial charge in [0, 0.05) is 6.54 Å². The summed E-state index contributed by atoms with van der Waals surface area (Å²) in [6.45, 7) is 5.34. The predicted molar refractivity (Wildman–Crippen MR) is 77.4 cm³/mol. The molecule has 21 heavy (non-hydrogen) atoms. The first-order valence-electron chi connectivity index (χ1n) is 7.69. The normalized spacial score (nSPS) is 21.1. The van der Waals surface area contributed by atoms with E-state index in [-0.39, 0.29) is 18.4 Å². The first-order chi connectivity index (χ1) is 10.1. The van der Waals surface area contributed by atoms with E-state index in [1.54, 1.807) is 4.90 Å². The molecule has 0 unspecified atom stereocenters. The van der Waals surface area contributed by atoms with E-state index < -0.39 is 5.54 Å². The van der Waals surface area contributed by atoms with Crippen molar-refractivity contribution in [2.75, 3.05) is 6.54 Å². The monoisotopic (exact) mass is 290 g/mol. The first kappa shape index (κ1) is 14.1. The van der Waals surface area contributed by atoms with Gasteiger partial charge in [-0.1, -0.05) is 12.8 Å². The third kappa shape index (κ3) is 2.22. The molecule has 0 radical (unpaired) electrons. The Kier molecular flexibility index (Phi) is 3.47. The fourth-order valence-electron chi connectivity index (χ4n) is 3.64. The Morgan fingerprint density at radius 3 is 2.71 bits per heavy atom. The zero-order chi connectivity index (χ0) is 15.0. The van der Waals surface area contributed by atoms with Crippen LogP contribution in [-0.4, -0.2) is 38.6 Å². The maximum atomic E-state index is 12.4. The quantitative estimate of drug-likeness (QED) is 0.902. The number of carbonyl (C=O) groups is 2. The van der Waals surface area contributed by atoms with Crippen LogP contribution >= 0.6 is 0 Å². The summed E-state index contributed by atoms with van der Waals surface area (Å²) in [5, 5.41) is 7.19. The molecule has 0 bridgehead atoms. The molecule has 1 spiro atoms. The van der Waals surface area contributed by atoms with Crippen LogP contribution < -0.4 is 5.32 Å². The second-order valence-electron chi connectivity index (χ2n) is 5.99. The molecule has 6 nitrogen and oxygen atoms in total. The molecule has 1 aromatic rings. The van der Waals surface area contributed by atoms with Gasteiger partial charge >= 0.3 is 0 Å². The third-order valence-electron chi connectivity index (χ3n) is 4.68. The van der Waals surface area contributed by atoms with Crippen molar-refractivity contribution in [3.8, 4) is 0 Å². The molecule has 1 N–H and O–H groups in total. The Balaban J connectivity index is 1.93. The molecule has 2 aliphatic rings. The number of hydrogen-bond donors (Lipinski definition) is 1. The molecular weight excluding hydrogens is 268 g/mol. The van der Waals surface area contributed by atoms with Gasteiger partial charge in [0.25, 0.3) is 0 Å². The number of aryl methyl sites for hydroxylation is 2. The van der Waals surface area contributed by atoms with E-state index in [1.165, 1.54) is 0 Å². The van der Waals surface area contributed by atoms with Crippen molar-refractivity contribution in [3.05, 3.63) is 17.5 Å². The number of rotatable bonds is 3. The molecule has 1 saturated carbocycles. The molecule has 2 amide bonds. The van der Waals surface area contributed by atoms with Gasteiger partial charge in [0.15, 0.2) is 0 Å². The number of piperazine rings is 1. The smallest absolute Gasteiger partial charge is 0.246 e. The third-order valence-corrected chi connectivity index (χ3v) is 4.68. The van der Waals surface area contributed by atoms with E-state index >= 15 is 0 Å². The number of hydrogen-bond acceptors (Lipinski definition) is 3. The van der Waals surface area contributed by atoms with Crippen molar-refractivity contribution in [3.63, 3.8) is 0 Å². The van der Waals surface area contributed by atoms with Gasteiger partial charge in [0.2, 0.25) is 11.8 Å². The van der Waals surface area contributed by atoms with Gasteiger partial charge in [-0.05, 0) is 32.8 Å². The molecule has 1 aliphatic carbocycles. The van der Waals surface area contributed by atoms with Crippen molar-refractivity contribution >= 4 is 11.8 Å². The van der Waals surface area contributed by atoms with Crippen molar-refractivity contribution in [2.24, 2.45) is 0 Å². The molecule has 2 heterocycles. The van der Waals surface area contributed by atoms with E-state index in [0.717, 1.165) is 43.6 Å². The van der Waals surface area contributed by atoms with Crippen molar-refractivity contribution in [1.29, 1.82) is 0 Å². The lowest BCUT2D eigenvalue weighted by Crippen LogP contribution is -2.65. The summed E-state index contributed by atoms with van der Waals surface area (Å²) < 4.78 is 1.91. The predicted octanol–water partition coefficient (Wildman–Crippen LogP) is 0.983. The lowest BCUT2D eigenvalue weighted by atomic mass is 9.91. The molecule has 114 valence electrons. The number of carbonyl (C=O) groups excluding carboxylic acids is 2. The lowest BCUT2D eigenvalue weighted by Gasteiger charge is -2.43. The van der Waals surface area contributed by atoms with Gasteiger partial charge in [-0.25, -0.2) is 0 Å². The molecule has 6 heteroatoms. The van der Waals surface area contributed by atoms with Gasteiger partial charge in [-0.2, -0.15) is 5.10 Å². The minimum absolute atomic E-state index is 0.0120. The van der Waals surface area contributed by atoms with Gasteiger partial charge in [-0.15, -0.1) is 0 Å². The second kappa shape index (κ2) is 5.16. The minimum atomic E-state index is -0.633. The summed E-state index contributed by atoms with van der Waals surface area (Å²) >= 11 is 0. The molecular formula is C15H22N4O2. The van der Waals surface area contributed by atoms with Gasteiger partial charge in [-0.3, -0.25) is 14.3 Å². The fraction of sp³-hybridized carbons (Fsp3) is 0.667. The number of aromatic nitrogens is 2. The number of nitrogens with zero attached hydrogens (tertiary/aromatic N) is 3. The van der Waals surface area contributed by atoms with Crippen LogP contribution in [0.3, 0.4) is 0 Å². The first-order valence-corrected chi connectivity index (χ1v) is 7.69. The SMILES string of the molecule is CCn1nc(C)cc1CN1C(=O)CNC(=O)C12CCCC2. The Bertz CT molecular complexity index is 572. The number of amides is 2. The Morgan fingerprint density at radius 1 is 1.33 bits per heavy atom. The molecule has 0 atom stereocenters. The summed E-state index contributed by atoms with van der Waals surface area (Å²) in [7, 11) is 0. The van der Waals surface area contributed by atoms with Crippen LogP contribution in [0.1, 0.15) is 44.0 Å². The van der Waals surface area contributed by atoms with Crippen LogP contribution in [-0.2, 0) is 22.7 Å². The van der Waals surface area contributed by atoms with Crippen molar-refractivity contribution in [1.82, 2.24) is 20.0 Å². The average molecular weight is 290 g/mol. The second-order valence-corrected chi connectivity index (χ2v) is 5.99. The molecule has 1 aromatic heterocycles. The van der Waals surface area contributed by atoms with Crippen LogP contribution in [0.4, 0.5) is 0 Å². The molecule has 0 aromatic carbocycles. The summed E-state index contributed by atoms with van der Waals surface area (Å²) in [4.78, 5) is 26.6. The highest BCUT2D eigenvalue weighted by Crippen LogP contribution is 2.38. The Morgan fingerprint density at radius 2 is 2.05 bits per heavy atom. The van der Waals surface area contributed by atoms with E-state index in [9.17, 15) is 9.59 Å². The summed E-state index contributed by atoms with van der Waals surface area (Å²) in [6, 6.07) is 2.01. The average Bonchev–Trinajstić information content (AvgIpc) is 3.07. The van der Waals surface area contributed by atoms with Crippen LogP contribution in [0, 0.1) is 6.92 Å². The van der Waals surface area contributed by atoms with Crippen LogP contribution in [0.2, 0.25) is 0 Å². The molecule has 1 aliphatic heterocycles. The highest BCUT2D eigenvalue weighted by atomic mass is 16.2.